The van der Waals surface area contributed by atoms with Gasteiger partial charge in [0.05, 0.1) is 11.9 Å². The molecule has 0 unspecified atom stereocenters. The third-order valence-corrected chi connectivity index (χ3v) is 4.61. The second kappa shape index (κ2) is 7.58. The van der Waals surface area contributed by atoms with Gasteiger partial charge in [0.15, 0.2) is 5.13 Å². The first-order chi connectivity index (χ1) is 12.0. The number of piperazine rings is 1. The first-order valence-electron chi connectivity index (χ1n) is 7.95. The molecule has 3 heterocycles. The van der Waals surface area contributed by atoms with Gasteiger partial charge < -0.3 is 20.4 Å². The van der Waals surface area contributed by atoms with Crippen LogP contribution in [0.1, 0.15) is 17.4 Å². The van der Waals surface area contributed by atoms with Gasteiger partial charge in [0.2, 0.25) is 5.91 Å². The van der Waals surface area contributed by atoms with E-state index in [0.29, 0.717) is 10.8 Å². The van der Waals surface area contributed by atoms with Crippen molar-refractivity contribution in [1.29, 1.82) is 0 Å². The van der Waals surface area contributed by atoms with Crippen LogP contribution in [0.15, 0.2) is 23.7 Å². The highest BCUT2D eigenvalue weighted by Crippen LogP contribution is 2.18. The van der Waals surface area contributed by atoms with E-state index in [1.165, 1.54) is 18.3 Å². The molecule has 0 aliphatic carbocycles. The number of amides is 2. The predicted molar refractivity (Wildman–Crippen MR) is 98.3 cm³/mol. The van der Waals surface area contributed by atoms with Crippen molar-refractivity contribution in [1.82, 2.24) is 14.9 Å². The van der Waals surface area contributed by atoms with Crippen LogP contribution in [0.5, 0.6) is 0 Å². The van der Waals surface area contributed by atoms with Gasteiger partial charge >= 0.3 is 0 Å². The van der Waals surface area contributed by atoms with Gasteiger partial charge in [-0.3, -0.25) is 9.59 Å². The minimum Gasteiger partial charge on any atom is -0.354 e. The Bertz CT molecular complexity index is 752. The zero-order chi connectivity index (χ0) is 17.8. The normalized spacial score (nSPS) is 15.0. The van der Waals surface area contributed by atoms with E-state index in [1.807, 2.05) is 12.1 Å². The van der Waals surface area contributed by atoms with Crippen molar-refractivity contribution in [2.24, 2.45) is 0 Å². The summed E-state index contributed by atoms with van der Waals surface area (Å²) in [6.45, 7) is 5.32. The maximum atomic E-state index is 12.2. The molecular formula is C16H20N6O2S. The van der Waals surface area contributed by atoms with Crippen LogP contribution in [-0.2, 0) is 4.79 Å². The lowest BCUT2D eigenvalue weighted by Gasteiger charge is -2.33. The zero-order valence-electron chi connectivity index (χ0n) is 14.2. The highest BCUT2D eigenvalue weighted by Gasteiger charge is 2.16. The molecule has 2 N–H and O–H groups in total. The van der Waals surface area contributed by atoms with Gasteiger partial charge in [-0.15, -0.1) is 11.3 Å². The molecule has 2 aromatic rings. The first-order valence-corrected chi connectivity index (χ1v) is 8.83. The van der Waals surface area contributed by atoms with E-state index >= 15 is 0 Å². The summed E-state index contributed by atoms with van der Waals surface area (Å²) < 4.78 is 0. The predicted octanol–water partition coefficient (Wildman–Crippen LogP) is 1.50. The van der Waals surface area contributed by atoms with Gasteiger partial charge in [0.25, 0.3) is 5.91 Å². The molecule has 132 valence electrons. The lowest BCUT2D eigenvalue weighted by Crippen LogP contribution is -2.44. The van der Waals surface area contributed by atoms with Crippen molar-refractivity contribution < 1.29 is 9.59 Å². The number of carbonyl (C=O) groups excluding carboxylic acids is 2. The quantitative estimate of drug-likeness (QED) is 0.859. The molecule has 8 nitrogen and oxygen atoms in total. The third kappa shape index (κ3) is 4.52. The van der Waals surface area contributed by atoms with Crippen molar-refractivity contribution in [3.8, 4) is 0 Å². The number of hydrogen-bond acceptors (Lipinski definition) is 7. The molecule has 0 saturated carbocycles. The number of nitrogens with zero attached hydrogens (tertiary/aromatic N) is 4. The molecule has 2 amide bonds. The first kappa shape index (κ1) is 17.3. The van der Waals surface area contributed by atoms with Gasteiger partial charge in [-0.1, -0.05) is 0 Å². The van der Waals surface area contributed by atoms with Crippen molar-refractivity contribution in [2.45, 2.75) is 6.92 Å². The van der Waals surface area contributed by atoms with Gasteiger partial charge in [-0.25, -0.2) is 9.97 Å². The molecule has 0 bridgehead atoms. The largest absolute Gasteiger partial charge is 0.354 e. The van der Waals surface area contributed by atoms with Gasteiger partial charge in [0.1, 0.15) is 11.5 Å². The number of pyridine rings is 1. The molecule has 0 atom stereocenters. The number of aromatic nitrogens is 2. The fourth-order valence-electron chi connectivity index (χ4n) is 2.46. The average Bonchev–Trinajstić information content (AvgIpc) is 3.04. The molecule has 25 heavy (non-hydrogen) atoms. The summed E-state index contributed by atoms with van der Waals surface area (Å²) in [5.74, 6) is 0.361. The average molecular weight is 360 g/mol. The Kier molecular flexibility index (Phi) is 5.25. The van der Waals surface area contributed by atoms with Crippen LogP contribution in [0, 0.1) is 0 Å². The van der Waals surface area contributed by atoms with Crippen LogP contribution >= 0.6 is 11.3 Å². The topological polar surface area (TPSA) is 90.5 Å². The number of hydrogen-bond donors (Lipinski definition) is 2. The van der Waals surface area contributed by atoms with E-state index in [4.69, 9.17) is 0 Å². The van der Waals surface area contributed by atoms with Crippen LogP contribution in [-0.4, -0.2) is 59.9 Å². The van der Waals surface area contributed by atoms with Gasteiger partial charge in [0, 0.05) is 38.5 Å². The second-order valence-corrected chi connectivity index (χ2v) is 6.73. The van der Waals surface area contributed by atoms with E-state index < -0.39 is 0 Å². The highest BCUT2D eigenvalue weighted by atomic mass is 32.1. The van der Waals surface area contributed by atoms with E-state index in [-0.39, 0.29) is 17.5 Å². The summed E-state index contributed by atoms with van der Waals surface area (Å²) in [7, 11) is 2.11. The Morgan fingerprint density at radius 2 is 1.92 bits per heavy atom. The number of likely N-dealkylation sites (N-methyl/N-ethyl adjacent to an activating group) is 1. The fraction of sp³-hybridized carbons (Fsp3) is 0.375. The smallest absolute Gasteiger partial charge is 0.275 e. The number of rotatable bonds is 4. The Morgan fingerprint density at radius 1 is 1.16 bits per heavy atom. The van der Waals surface area contributed by atoms with Crippen LogP contribution in [0.3, 0.4) is 0 Å². The number of carbonyl (C=O) groups is 2. The molecular weight excluding hydrogens is 340 g/mol. The van der Waals surface area contributed by atoms with Crippen molar-refractivity contribution in [2.75, 3.05) is 48.8 Å². The molecule has 1 fully saturated rings. The zero-order valence-corrected chi connectivity index (χ0v) is 15.0. The number of thiazole rings is 1. The molecule has 0 aromatic carbocycles. The Morgan fingerprint density at radius 3 is 2.56 bits per heavy atom. The summed E-state index contributed by atoms with van der Waals surface area (Å²) in [5, 5.41) is 7.33. The summed E-state index contributed by atoms with van der Waals surface area (Å²) in [5.41, 5.74) is 0.869. The van der Waals surface area contributed by atoms with Crippen molar-refractivity contribution in [3.63, 3.8) is 0 Å². The van der Waals surface area contributed by atoms with E-state index in [1.54, 1.807) is 11.6 Å². The summed E-state index contributed by atoms with van der Waals surface area (Å²) >= 11 is 1.21. The minimum absolute atomic E-state index is 0.218. The van der Waals surface area contributed by atoms with E-state index in [0.717, 1.165) is 32.0 Å². The number of nitrogens with one attached hydrogen (secondary N) is 2. The Balaban J connectivity index is 1.60. The molecule has 3 rings (SSSR count). The Labute approximate surface area is 149 Å². The van der Waals surface area contributed by atoms with Crippen LogP contribution in [0.4, 0.5) is 16.6 Å². The number of anilines is 3. The standard InChI is InChI=1S/C16H20N6O2S/c1-11(23)18-16-20-13(10-25-16)15(24)19-12-3-4-14(17-9-12)22-7-5-21(2)6-8-22/h3-4,9-10H,5-8H2,1-2H3,(H,19,24)(H,18,20,23). The van der Waals surface area contributed by atoms with Crippen LogP contribution < -0.4 is 15.5 Å². The maximum Gasteiger partial charge on any atom is 0.275 e. The molecule has 1 aliphatic heterocycles. The highest BCUT2D eigenvalue weighted by molar-refractivity contribution is 7.14. The van der Waals surface area contributed by atoms with Crippen LogP contribution in [0.25, 0.3) is 0 Å². The third-order valence-electron chi connectivity index (χ3n) is 3.85. The van der Waals surface area contributed by atoms with Gasteiger partial charge in [-0.2, -0.15) is 0 Å². The van der Waals surface area contributed by atoms with Crippen molar-refractivity contribution in [3.05, 3.63) is 29.4 Å². The van der Waals surface area contributed by atoms with E-state index in [9.17, 15) is 9.59 Å². The maximum absolute atomic E-state index is 12.2. The molecule has 0 radical (unpaired) electrons. The van der Waals surface area contributed by atoms with Crippen LogP contribution in [0.2, 0.25) is 0 Å². The SMILES string of the molecule is CC(=O)Nc1nc(C(=O)Nc2ccc(N3CCN(C)CC3)nc2)cs1. The molecule has 0 spiro atoms. The lowest BCUT2D eigenvalue weighted by molar-refractivity contribution is -0.114. The fourth-order valence-corrected chi connectivity index (χ4v) is 3.20. The molecule has 1 saturated heterocycles. The monoisotopic (exact) mass is 360 g/mol. The van der Waals surface area contributed by atoms with Crippen molar-refractivity contribution >= 4 is 39.8 Å². The summed E-state index contributed by atoms with van der Waals surface area (Å²) in [6, 6.07) is 3.74. The second-order valence-electron chi connectivity index (χ2n) is 5.87. The van der Waals surface area contributed by atoms with E-state index in [2.05, 4.69) is 37.4 Å². The minimum atomic E-state index is -0.331. The summed E-state index contributed by atoms with van der Waals surface area (Å²) in [6.07, 6.45) is 1.65. The Hall–Kier alpha value is -2.52. The molecule has 2 aromatic heterocycles. The van der Waals surface area contributed by atoms with Gasteiger partial charge in [-0.05, 0) is 19.2 Å². The molecule has 9 heteroatoms. The molecule has 1 aliphatic rings. The summed E-state index contributed by atoms with van der Waals surface area (Å²) in [4.78, 5) is 36.3. The lowest BCUT2D eigenvalue weighted by atomic mass is 10.3.